The average molecular weight is 258 g/mol. The van der Waals surface area contributed by atoms with Gasteiger partial charge >= 0.3 is 5.97 Å². The molecule has 94 valence electrons. The van der Waals surface area contributed by atoms with Crippen molar-refractivity contribution in [3.63, 3.8) is 0 Å². The standard InChI is InChI=1S/C12H16ClNO3/c1-7-10(13)11(14-17-7)8-3-5-9(6-4-8)12(15)16-2/h8-9H,3-6H2,1-2H3/t8-,9-. The first-order valence-electron chi connectivity index (χ1n) is 5.83. The van der Waals surface area contributed by atoms with E-state index in [1.165, 1.54) is 7.11 Å². The van der Waals surface area contributed by atoms with Crippen LogP contribution in [-0.2, 0) is 9.53 Å². The molecule has 1 saturated carbocycles. The molecule has 0 aromatic carbocycles. The molecule has 2 rings (SSSR count). The Kier molecular flexibility index (Phi) is 3.72. The summed E-state index contributed by atoms with van der Waals surface area (Å²) in [5, 5.41) is 4.64. The number of ether oxygens (including phenoxy) is 1. The number of hydrogen-bond donors (Lipinski definition) is 0. The molecule has 1 aromatic heterocycles. The minimum Gasteiger partial charge on any atom is -0.469 e. The molecule has 0 spiro atoms. The Bertz CT molecular complexity index is 408. The Balaban J connectivity index is 2.00. The van der Waals surface area contributed by atoms with Gasteiger partial charge in [-0.2, -0.15) is 0 Å². The SMILES string of the molecule is COC(=O)[C@H]1CC[C@H](c2noc(C)c2Cl)CC1. The highest BCUT2D eigenvalue weighted by Crippen LogP contribution is 2.39. The highest BCUT2D eigenvalue weighted by Gasteiger charge is 2.30. The zero-order chi connectivity index (χ0) is 12.4. The molecule has 0 unspecified atom stereocenters. The van der Waals surface area contributed by atoms with Crippen molar-refractivity contribution in [3.05, 3.63) is 16.5 Å². The predicted molar refractivity (Wildman–Crippen MR) is 63.0 cm³/mol. The fourth-order valence-corrected chi connectivity index (χ4v) is 2.62. The van der Waals surface area contributed by atoms with Gasteiger partial charge in [-0.05, 0) is 32.6 Å². The van der Waals surface area contributed by atoms with Crippen molar-refractivity contribution in [3.8, 4) is 0 Å². The van der Waals surface area contributed by atoms with E-state index in [1.807, 2.05) is 0 Å². The zero-order valence-electron chi connectivity index (χ0n) is 10.0. The molecule has 0 bridgehead atoms. The van der Waals surface area contributed by atoms with Crippen LogP contribution in [0.5, 0.6) is 0 Å². The number of aryl methyl sites for hydroxylation is 1. The van der Waals surface area contributed by atoms with Crippen LogP contribution in [0, 0.1) is 12.8 Å². The molecule has 4 nitrogen and oxygen atoms in total. The summed E-state index contributed by atoms with van der Waals surface area (Å²) in [7, 11) is 1.44. The van der Waals surface area contributed by atoms with Crippen LogP contribution in [0.4, 0.5) is 0 Å². The van der Waals surface area contributed by atoms with Crippen molar-refractivity contribution in [2.24, 2.45) is 5.92 Å². The lowest BCUT2D eigenvalue weighted by Gasteiger charge is -2.25. The second kappa shape index (κ2) is 5.08. The predicted octanol–water partition coefficient (Wildman–Crippen LogP) is 3.08. The molecule has 0 amide bonds. The zero-order valence-corrected chi connectivity index (χ0v) is 10.8. The molecule has 1 aliphatic rings. The van der Waals surface area contributed by atoms with E-state index in [4.69, 9.17) is 20.9 Å². The van der Waals surface area contributed by atoms with E-state index in [-0.39, 0.29) is 11.9 Å². The fraction of sp³-hybridized carbons (Fsp3) is 0.667. The third-order valence-electron chi connectivity index (χ3n) is 3.46. The van der Waals surface area contributed by atoms with Crippen LogP contribution in [-0.4, -0.2) is 18.2 Å². The number of aromatic nitrogens is 1. The van der Waals surface area contributed by atoms with Gasteiger partial charge in [0.25, 0.3) is 0 Å². The summed E-state index contributed by atoms with van der Waals surface area (Å²) in [4.78, 5) is 11.4. The number of hydrogen-bond acceptors (Lipinski definition) is 4. The summed E-state index contributed by atoms with van der Waals surface area (Å²) in [6.07, 6.45) is 3.48. The van der Waals surface area contributed by atoms with Crippen LogP contribution in [0.25, 0.3) is 0 Å². The molecular formula is C12H16ClNO3. The first-order chi connectivity index (χ1) is 8.13. The largest absolute Gasteiger partial charge is 0.469 e. The highest BCUT2D eigenvalue weighted by atomic mass is 35.5. The summed E-state index contributed by atoms with van der Waals surface area (Å²) in [5.74, 6) is 0.895. The number of methoxy groups -OCH3 is 1. The first-order valence-corrected chi connectivity index (χ1v) is 6.20. The van der Waals surface area contributed by atoms with E-state index in [2.05, 4.69) is 5.16 Å². The fourth-order valence-electron chi connectivity index (χ4n) is 2.40. The number of rotatable bonds is 2. The van der Waals surface area contributed by atoms with Gasteiger partial charge < -0.3 is 9.26 Å². The lowest BCUT2D eigenvalue weighted by Crippen LogP contribution is -2.22. The van der Waals surface area contributed by atoms with Crippen molar-refractivity contribution in [1.29, 1.82) is 0 Å². The molecule has 1 fully saturated rings. The van der Waals surface area contributed by atoms with E-state index in [0.717, 1.165) is 31.4 Å². The van der Waals surface area contributed by atoms with E-state index in [9.17, 15) is 4.79 Å². The molecule has 5 heteroatoms. The lowest BCUT2D eigenvalue weighted by atomic mass is 9.80. The summed E-state index contributed by atoms with van der Waals surface area (Å²) in [6, 6.07) is 0. The Morgan fingerprint density at radius 1 is 1.41 bits per heavy atom. The molecule has 0 aliphatic heterocycles. The topological polar surface area (TPSA) is 52.3 Å². The highest BCUT2D eigenvalue weighted by molar-refractivity contribution is 6.31. The monoisotopic (exact) mass is 257 g/mol. The molecular weight excluding hydrogens is 242 g/mol. The van der Waals surface area contributed by atoms with Crippen molar-refractivity contribution >= 4 is 17.6 Å². The van der Waals surface area contributed by atoms with Crippen LogP contribution in [0.15, 0.2) is 4.52 Å². The number of nitrogens with zero attached hydrogens (tertiary/aromatic N) is 1. The Labute approximate surface area is 105 Å². The molecule has 17 heavy (non-hydrogen) atoms. The molecule has 0 atom stereocenters. The number of esters is 1. The quantitative estimate of drug-likeness (QED) is 0.764. The van der Waals surface area contributed by atoms with Gasteiger partial charge in [-0.15, -0.1) is 0 Å². The maximum absolute atomic E-state index is 11.4. The third-order valence-corrected chi connectivity index (χ3v) is 3.92. The van der Waals surface area contributed by atoms with Crippen molar-refractivity contribution in [1.82, 2.24) is 5.16 Å². The minimum absolute atomic E-state index is 0.0306. The summed E-state index contributed by atoms with van der Waals surface area (Å²) in [6.45, 7) is 1.80. The maximum atomic E-state index is 11.4. The van der Waals surface area contributed by atoms with Crippen LogP contribution in [0.3, 0.4) is 0 Å². The van der Waals surface area contributed by atoms with Gasteiger partial charge in [0.15, 0.2) is 5.76 Å². The summed E-state index contributed by atoms with van der Waals surface area (Å²) >= 11 is 6.12. The second-order valence-corrected chi connectivity index (χ2v) is 4.89. The second-order valence-electron chi connectivity index (χ2n) is 4.51. The summed E-state index contributed by atoms with van der Waals surface area (Å²) < 4.78 is 9.83. The molecule has 1 aromatic rings. The minimum atomic E-state index is -0.106. The van der Waals surface area contributed by atoms with E-state index >= 15 is 0 Å². The number of carbonyl (C=O) groups is 1. The van der Waals surface area contributed by atoms with Gasteiger partial charge in [0.2, 0.25) is 0 Å². The van der Waals surface area contributed by atoms with Gasteiger partial charge in [-0.25, -0.2) is 0 Å². The molecule has 1 heterocycles. The van der Waals surface area contributed by atoms with Crippen LogP contribution >= 0.6 is 11.6 Å². The Morgan fingerprint density at radius 2 is 2.06 bits per heavy atom. The van der Waals surface area contributed by atoms with E-state index in [0.29, 0.717) is 16.7 Å². The molecule has 0 N–H and O–H groups in total. The molecule has 0 saturated heterocycles. The smallest absolute Gasteiger partial charge is 0.308 e. The van der Waals surface area contributed by atoms with Crippen molar-refractivity contribution in [2.75, 3.05) is 7.11 Å². The lowest BCUT2D eigenvalue weighted by molar-refractivity contribution is -0.146. The van der Waals surface area contributed by atoms with Crippen molar-refractivity contribution < 1.29 is 14.1 Å². The third kappa shape index (κ3) is 2.46. The summed E-state index contributed by atoms with van der Waals surface area (Å²) in [5.41, 5.74) is 0.840. The van der Waals surface area contributed by atoms with Crippen molar-refractivity contribution in [2.45, 2.75) is 38.5 Å². The normalized spacial score (nSPS) is 24.6. The van der Waals surface area contributed by atoms with Crippen LogP contribution < -0.4 is 0 Å². The number of carbonyl (C=O) groups excluding carboxylic acids is 1. The number of halogens is 1. The molecule has 1 aliphatic carbocycles. The Hall–Kier alpha value is -1.03. The Morgan fingerprint density at radius 3 is 2.53 bits per heavy atom. The maximum Gasteiger partial charge on any atom is 0.308 e. The van der Waals surface area contributed by atoms with E-state index < -0.39 is 0 Å². The van der Waals surface area contributed by atoms with Gasteiger partial charge in [-0.3, -0.25) is 4.79 Å². The first kappa shape index (κ1) is 12.4. The molecule has 0 radical (unpaired) electrons. The van der Waals surface area contributed by atoms with Gasteiger partial charge in [0.1, 0.15) is 10.7 Å². The average Bonchev–Trinajstić information content (AvgIpc) is 2.69. The van der Waals surface area contributed by atoms with Gasteiger partial charge in [-0.1, -0.05) is 16.8 Å². The van der Waals surface area contributed by atoms with Gasteiger partial charge in [0.05, 0.1) is 13.0 Å². The van der Waals surface area contributed by atoms with Gasteiger partial charge in [0, 0.05) is 5.92 Å². The van der Waals surface area contributed by atoms with E-state index in [1.54, 1.807) is 6.92 Å². The van der Waals surface area contributed by atoms with Crippen LogP contribution in [0.2, 0.25) is 5.02 Å². The van der Waals surface area contributed by atoms with Crippen LogP contribution in [0.1, 0.15) is 43.1 Å².